The van der Waals surface area contributed by atoms with E-state index in [-0.39, 0.29) is 35.2 Å². The van der Waals surface area contributed by atoms with Crippen LogP contribution in [-0.4, -0.2) is 45.7 Å². The molecule has 0 saturated heterocycles. The van der Waals surface area contributed by atoms with Crippen molar-refractivity contribution in [3.63, 3.8) is 0 Å². The van der Waals surface area contributed by atoms with Crippen molar-refractivity contribution in [3.05, 3.63) is 47.4 Å². The van der Waals surface area contributed by atoms with Crippen molar-refractivity contribution in [2.75, 3.05) is 17.7 Å². The Hall–Kier alpha value is -3.46. The third-order valence-corrected chi connectivity index (χ3v) is 6.21. The maximum Gasteiger partial charge on any atom is 0.294 e. The number of carbonyl (C=O) groups excluding carboxylic acids is 3. The first-order chi connectivity index (χ1) is 15.8. The fourth-order valence-corrected chi connectivity index (χ4v) is 4.15. The molecule has 33 heavy (non-hydrogen) atoms. The molecule has 0 aromatic carbocycles. The van der Waals surface area contributed by atoms with E-state index in [1.54, 1.807) is 49.3 Å². The van der Waals surface area contributed by atoms with Gasteiger partial charge in [0.15, 0.2) is 5.58 Å². The number of carbonyl (C=O) groups is 3. The Morgan fingerprint density at radius 1 is 1.09 bits per heavy atom. The predicted octanol–water partition coefficient (Wildman–Crippen LogP) is 4.10. The molecule has 10 heteroatoms. The number of pyridine rings is 2. The Kier molecular flexibility index (Phi) is 6.60. The van der Waals surface area contributed by atoms with Crippen molar-refractivity contribution in [2.24, 2.45) is 5.92 Å². The van der Waals surface area contributed by atoms with E-state index >= 15 is 0 Å². The predicted molar refractivity (Wildman–Crippen MR) is 124 cm³/mol. The average molecular weight is 470 g/mol. The molecule has 172 valence electrons. The summed E-state index contributed by atoms with van der Waals surface area (Å²) in [7, 11) is 1.79. The Bertz CT molecular complexity index is 1190. The van der Waals surface area contributed by atoms with Crippen molar-refractivity contribution in [3.8, 4) is 0 Å². The Morgan fingerprint density at radius 2 is 1.85 bits per heavy atom. The van der Waals surface area contributed by atoms with Crippen LogP contribution in [0.3, 0.4) is 0 Å². The lowest BCUT2D eigenvalue weighted by Gasteiger charge is -2.33. The van der Waals surface area contributed by atoms with E-state index in [1.807, 2.05) is 0 Å². The molecular formula is C23H24ClN5O4. The quantitative estimate of drug-likeness (QED) is 0.580. The van der Waals surface area contributed by atoms with Gasteiger partial charge in [-0.1, -0.05) is 11.6 Å². The number of furan rings is 1. The number of nitrogens with zero attached hydrogens (tertiary/aromatic N) is 3. The second-order valence-corrected chi connectivity index (χ2v) is 8.53. The van der Waals surface area contributed by atoms with E-state index in [0.29, 0.717) is 34.8 Å². The Balaban J connectivity index is 1.52. The summed E-state index contributed by atoms with van der Waals surface area (Å²) in [6, 6.07) is 6.67. The highest BCUT2D eigenvalue weighted by molar-refractivity contribution is 6.30. The lowest BCUT2D eigenvalue weighted by molar-refractivity contribution is -0.130. The van der Waals surface area contributed by atoms with Crippen LogP contribution in [0, 0.1) is 5.92 Å². The van der Waals surface area contributed by atoms with Crippen LogP contribution >= 0.6 is 11.6 Å². The summed E-state index contributed by atoms with van der Waals surface area (Å²) >= 11 is 5.85. The molecule has 0 unspecified atom stereocenters. The van der Waals surface area contributed by atoms with Gasteiger partial charge in [-0.2, -0.15) is 0 Å². The first-order valence-corrected chi connectivity index (χ1v) is 11.1. The maximum absolute atomic E-state index is 13.1. The van der Waals surface area contributed by atoms with Crippen LogP contribution in [0.15, 0.2) is 41.1 Å². The smallest absolute Gasteiger partial charge is 0.294 e. The van der Waals surface area contributed by atoms with Crippen LogP contribution in [0.1, 0.15) is 43.2 Å². The van der Waals surface area contributed by atoms with Crippen molar-refractivity contribution in [1.29, 1.82) is 0 Å². The van der Waals surface area contributed by atoms with Gasteiger partial charge in [-0.25, -0.2) is 4.98 Å². The minimum Gasteiger partial charge on any atom is -0.447 e. The maximum atomic E-state index is 13.1. The van der Waals surface area contributed by atoms with E-state index in [1.165, 1.54) is 6.20 Å². The summed E-state index contributed by atoms with van der Waals surface area (Å²) in [6.07, 6.45) is 5.77. The molecule has 3 aromatic heterocycles. The molecule has 0 bridgehead atoms. The highest BCUT2D eigenvalue weighted by Gasteiger charge is 2.31. The first kappa shape index (κ1) is 22.7. The van der Waals surface area contributed by atoms with Gasteiger partial charge >= 0.3 is 0 Å². The van der Waals surface area contributed by atoms with Crippen molar-refractivity contribution < 1.29 is 18.8 Å². The molecule has 1 fully saturated rings. The zero-order valence-electron chi connectivity index (χ0n) is 18.3. The Labute approximate surface area is 195 Å². The van der Waals surface area contributed by atoms with Gasteiger partial charge in [-0.3, -0.25) is 19.4 Å². The molecule has 1 aliphatic carbocycles. The summed E-state index contributed by atoms with van der Waals surface area (Å²) < 4.78 is 5.73. The van der Waals surface area contributed by atoms with Crippen molar-refractivity contribution in [2.45, 2.75) is 38.6 Å². The molecule has 0 aliphatic heterocycles. The minimum atomic E-state index is -0.565. The molecule has 3 heterocycles. The SMILES string of the molecule is CC(=O)N(C)[C@H]1CC[C@H](C(=O)Nc2c(C(=O)Nc3ccc(Cl)cn3)oc3cccnc23)CC1. The first-order valence-electron chi connectivity index (χ1n) is 10.7. The van der Waals surface area contributed by atoms with Gasteiger partial charge in [-0.15, -0.1) is 0 Å². The van der Waals surface area contributed by atoms with Gasteiger partial charge in [0.2, 0.25) is 17.6 Å². The highest BCUT2D eigenvalue weighted by atomic mass is 35.5. The summed E-state index contributed by atoms with van der Waals surface area (Å²) in [5, 5.41) is 5.96. The van der Waals surface area contributed by atoms with Gasteiger partial charge < -0.3 is 20.0 Å². The zero-order chi connectivity index (χ0) is 23.5. The number of hydrogen-bond donors (Lipinski definition) is 2. The van der Waals surface area contributed by atoms with Crippen LogP contribution < -0.4 is 10.6 Å². The molecule has 4 rings (SSSR count). The van der Waals surface area contributed by atoms with Crippen LogP contribution in [0.25, 0.3) is 11.1 Å². The summed E-state index contributed by atoms with van der Waals surface area (Å²) in [5.41, 5.74) is 1.00. The number of aromatic nitrogens is 2. The number of fused-ring (bicyclic) bond motifs is 1. The number of amides is 3. The standard InChI is InChI=1S/C23H24ClN5O4/c1-13(30)29(2)16-8-5-14(6-9-16)22(31)28-20-19-17(4-3-11-25-19)33-21(20)23(32)27-18-10-7-15(24)12-26-18/h3-4,7,10-12,14,16H,5-6,8-9H2,1-2H3,(H,28,31)(H,26,27,32)/t14-,16-. The van der Waals surface area contributed by atoms with Crippen molar-refractivity contribution >= 4 is 51.9 Å². The lowest BCUT2D eigenvalue weighted by atomic mass is 9.85. The van der Waals surface area contributed by atoms with E-state index in [4.69, 9.17) is 16.0 Å². The molecule has 3 aromatic rings. The highest BCUT2D eigenvalue weighted by Crippen LogP contribution is 2.33. The number of hydrogen-bond acceptors (Lipinski definition) is 6. The van der Waals surface area contributed by atoms with Gasteiger partial charge in [0.05, 0.1) is 5.02 Å². The topological polar surface area (TPSA) is 117 Å². The van der Waals surface area contributed by atoms with Crippen LogP contribution in [0.4, 0.5) is 11.5 Å². The van der Waals surface area contributed by atoms with Gasteiger partial charge in [0, 0.05) is 38.3 Å². The molecular weight excluding hydrogens is 446 g/mol. The monoisotopic (exact) mass is 469 g/mol. The molecule has 9 nitrogen and oxygen atoms in total. The fraction of sp³-hybridized carbons (Fsp3) is 0.348. The molecule has 3 amide bonds. The minimum absolute atomic E-state index is 0.0182. The van der Waals surface area contributed by atoms with Gasteiger partial charge in [0.1, 0.15) is 17.0 Å². The summed E-state index contributed by atoms with van der Waals surface area (Å²) in [5.74, 6) is -0.744. The zero-order valence-corrected chi connectivity index (χ0v) is 19.1. The number of halogens is 1. The molecule has 0 atom stereocenters. The molecule has 0 spiro atoms. The molecule has 2 N–H and O–H groups in total. The third kappa shape index (κ3) is 4.98. The normalized spacial score (nSPS) is 18.0. The van der Waals surface area contributed by atoms with Crippen LogP contribution in [-0.2, 0) is 9.59 Å². The molecule has 1 aliphatic rings. The summed E-state index contributed by atoms with van der Waals surface area (Å²) in [4.78, 5) is 47.7. The second-order valence-electron chi connectivity index (χ2n) is 8.10. The average Bonchev–Trinajstić information content (AvgIpc) is 3.18. The van der Waals surface area contributed by atoms with E-state index in [0.717, 1.165) is 12.8 Å². The number of nitrogens with one attached hydrogen (secondary N) is 2. The number of rotatable bonds is 5. The van der Waals surface area contributed by atoms with Crippen LogP contribution in [0.2, 0.25) is 5.02 Å². The van der Waals surface area contributed by atoms with Gasteiger partial charge in [0.25, 0.3) is 5.91 Å². The van der Waals surface area contributed by atoms with E-state index < -0.39 is 5.91 Å². The molecule has 0 radical (unpaired) electrons. The van der Waals surface area contributed by atoms with Crippen molar-refractivity contribution in [1.82, 2.24) is 14.9 Å². The fourth-order valence-electron chi connectivity index (χ4n) is 4.04. The van der Waals surface area contributed by atoms with E-state index in [9.17, 15) is 14.4 Å². The largest absolute Gasteiger partial charge is 0.447 e. The van der Waals surface area contributed by atoms with Gasteiger partial charge in [-0.05, 0) is 49.9 Å². The number of anilines is 2. The van der Waals surface area contributed by atoms with Crippen LogP contribution in [0.5, 0.6) is 0 Å². The summed E-state index contributed by atoms with van der Waals surface area (Å²) in [6.45, 7) is 1.54. The third-order valence-electron chi connectivity index (χ3n) is 5.98. The lowest BCUT2D eigenvalue weighted by Crippen LogP contribution is -2.40. The Morgan fingerprint density at radius 3 is 2.52 bits per heavy atom. The molecule has 1 saturated carbocycles. The van der Waals surface area contributed by atoms with E-state index in [2.05, 4.69) is 20.6 Å². The second kappa shape index (κ2) is 9.58.